The lowest BCUT2D eigenvalue weighted by atomic mass is 9.86. The Morgan fingerprint density at radius 2 is 2.00 bits per heavy atom. The van der Waals surface area contributed by atoms with Crippen molar-refractivity contribution in [2.45, 2.75) is 45.2 Å². The van der Waals surface area contributed by atoms with Gasteiger partial charge in [-0.1, -0.05) is 32.0 Å². The van der Waals surface area contributed by atoms with Crippen molar-refractivity contribution in [3.8, 4) is 0 Å². The fourth-order valence-electron chi connectivity index (χ4n) is 2.81. The number of hydrogen-bond donors (Lipinski definition) is 3. The van der Waals surface area contributed by atoms with Gasteiger partial charge in [-0.2, -0.15) is 0 Å². The van der Waals surface area contributed by atoms with E-state index in [1.807, 2.05) is 45.0 Å². The summed E-state index contributed by atoms with van der Waals surface area (Å²) in [5.41, 5.74) is 7.33. The molecular formula is C16H23N3O2. The lowest BCUT2D eigenvalue weighted by Gasteiger charge is -2.31. The van der Waals surface area contributed by atoms with E-state index in [1.54, 1.807) is 0 Å². The number of amides is 2. The van der Waals surface area contributed by atoms with E-state index in [-0.39, 0.29) is 23.8 Å². The van der Waals surface area contributed by atoms with Crippen molar-refractivity contribution in [2.75, 3.05) is 5.32 Å². The third-order valence-electron chi connectivity index (χ3n) is 3.91. The number of rotatable bonds is 4. The van der Waals surface area contributed by atoms with Crippen LogP contribution in [0.5, 0.6) is 0 Å². The summed E-state index contributed by atoms with van der Waals surface area (Å²) in [4.78, 5) is 24.0. The molecule has 0 bridgehead atoms. The second kappa shape index (κ2) is 6.16. The number of para-hydroxylation sites is 1. The number of nitrogens with two attached hydrogens (primary N) is 1. The predicted octanol–water partition coefficient (Wildman–Crippen LogP) is 1.60. The molecule has 5 heteroatoms. The molecule has 1 aliphatic heterocycles. The number of hydrogen-bond acceptors (Lipinski definition) is 3. The van der Waals surface area contributed by atoms with Crippen molar-refractivity contribution in [1.29, 1.82) is 0 Å². The molecule has 1 aromatic rings. The molecule has 0 aliphatic carbocycles. The summed E-state index contributed by atoms with van der Waals surface area (Å²) >= 11 is 0. The number of nitrogens with one attached hydrogen (secondary N) is 2. The van der Waals surface area contributed by atoms with Crippen LogP contribution in [0.4, 0.5) is 5.69 Å². The van der Waals surface area contributed by atoms with Gasteiger partial charge in [-0.15, -0.1) is 0 Å². The summed E-state index contributed by atoms with van der Waals surface area (Å²) in [6.45, 7) is 5.79. The Hall–Kier alpha value is -2.04. The van der Waals surface area contributed by atoms with E-state index in [0.29, 0.717) is 6.42 Å². The first kappa shape index (κ1) is 15.4. The number of benzene rings is 1. The molecule has 1 heterocycles. The quantitative estimate of drug-likeness (QED) is 0.787. The molecular weight excluding hydrogens is 266 g/mol. The van der Waals surface area contributed by atoms with Gasteiger partial charge in [0, 0.05) is 11.7 Å². The molecule has 1 aliphatic rings. The molecule has 2 amide bonds. The van der Waals surface area contributed by atoms with Gasteiger partial charge < -0.3 is 16.4 Å². The Morgan fingerprint density at radius 3 is 2.62 bits per heavy atom. The summed E-state index contributed by atoms with van der Waals surface area (Å²) in [6.07, 6.45) is 0.701. The van der Waals surface area contributed by atoms with Crippen molar-refractivity contribution >= 4 is 17.5 Å². The van der Waals surface area contributed by atoms with Crippen LogP contribution in [-0.4, -0.2) is 23.9 Å². The van der Waals surface area contributed by atoms with E-state index in [2.05, 4.69) is 10.6 Å². The van der Waals surface area contributed by atoms with E-state index < -0.39 is 11.9 Å². The Labute approximate surface area is 125 Å². The third-order valence-corrected chi connectivity index (χ3v) is 3.91. The summed E-state index contributed by atoms with van der Waals surface area (Å²) in [5.74, 6) is -0.902. The first-order valence-corrected chi connectivity index (χ1v) is 7.35. The highest BCUT2D eigenvalue weighted by atomic mass is 16.2. The van der Waals surface area contributed by atoms with Crippen molar-refractivity contribution in [1.82, 2.24) is 5.32 Å². The van der Waals surface area contributed by atoms with Gasteiger partial charge in [0.15, 0.2) is 0 Å². The van der Waals surface area contributed by atoms with Crippen LogP contribution in [0.2, 0.25) is 0 Å². The first-order valence-electron chi connectivity index (χ1n) is 7.35. The second-order valence-electron chi connectivity index (χ2n) is 6.05. The van der Waals surface area contributed by atoms with Gasteiger partial charge in [-0.05, 0) is 30.9 Å². The zero-order valence-corrected chi connectivity index (χ0v) is 12.7. The minimum Gasteiger partial charge on any atom is -0.382 e. The molecule has 3 atom stereocenters. The van der Waals surface area contributed by atoms with Gasteiger partial charge in [0.1, 0.15) is 6.04 Å². The van der Waals surface area contributed by atoms with Crippen LogP contribution in [0.15, 0.2) is 24.3 Å². The Kier molecular flexibility index (Phi) is 4.50. The summed E-state index contributed by atoms with van der Waals surface area (Å²) in [5, 5.41) is 6.18. The largest absolute Gasteiger partial charge is 0.382 e. The smallest absolute Gasteiger partial charge is 0.240 e. The monoisotopic (exact) mass is 289 g/mol. The average molecular weight is 289 g/mol. The highest BCUT2D eigenvalue weighted by Gasteiger charge is 2.32. The topological polar surface area (TPSA) is 84.2 Å². The van der Waals surface area contributed by atoms with E-state index in [9.17, 15) is 9.59 Å². The number of primary amides is 1. The van der Waals surface area contributed by atoms with Crippen LogP contribution >= 0.6 is 0 Å². The molecule has 0 spiro atoms. The van der Waals surface area contributed by atoms with Gasteiger partial charge >= 0.3 is 0 Å². The third kappa shape index (κ3) is 3.35. The molecule has 1 aromatic carbocycles. The van der Waals surface area contributed by atoms with Crippen LogP contribution in [0, 0.1) is 5.92 Å². The van der Waals surface area contributed by atoms with Crippen LogP contribution < -0.4 is 16.4 Å². The van der Waals surface area contributed by atoms with Crippen molar-refractivity contribution < 1.29 is 9.59 Å². The number of fused-ring (bicyclic) bond motifs is 1. The fourth-order valence-corrected chi connectivity index (χ4v) is 2.81. The summed E-state index contributed by atoms with van der Waals surface area (Å²) in [7, 11) is 0. The lowest BCUT2D eigenvalue weighted by Crippen LogP contribution is -2.50. The Balaban J connectivity index is 2.21. The maximum absolute atomic E-state index is 12.6. The zero-order chi connectivity index (χ0) is 15.6. The fraction of sp³-hybridized carbons (Fsp3) is 0.500. The van der Waals surface area contributed by atoms with Crippen LogP contribution in [0.3, 0.4) is 0 Å². The standard InChI is InChI=1S/C16H23N3O2/c1-9(2)14(15(17)20)19-16(21)12-8-10(3)18-13-7-5-4-6-11(12)13/h4-7,9-10,12,14,18H,8H2,1-3H3,(H2,17,20)(H,19,21). The van der Waals surface area contributed by atoms with Crippen molar-refractivity contribution in [3.63, 3.8) is 0 Å². The first-order chi connectivity index (χ1) is 9.90. The van der Waals surface area contributed by atoms with E-state index in [1.165, 1.54) is 0 Å². The molecule has 0 radical (unpaired) electrons. The molecule has 0 fully saturated rings. The number of carbonyl (C=O) groups excluding carboxylic acids is 2. The summed E-state index contributed by atoms with van der Waals surface area (Å²) < 4.78 is 0. The van der Waals surface area contributed by atoms with Gasteiger partial charge in [0.25, 0.3) is 0 Å². The average Bonchev–Trinajstić information content (AvgIpc) is 2.42. The van der Waals surface area contributed by atoms with Crippen molar-refractivity contribution in [2.24, 2.45) is 11.7 Å². The van der Waals surface area contributed by atoms with Crippen LogP contribution in [-0.2, 0) is 9.59 Å². The summed E-state index contributed by atoms with van der Waals surface area (Å²) in [6, 6.07) is 7.37. The maximum atomic E-state index is 12.6. The molecule has 114 valence electrons. The number of carbonyl (C=O) groups is 2. The van der Waals surface area contributed by atoms with Crippen molar-refractivity contribution in [3.05, 3.63) is 29.8 Å². The number of anilines is 1. The predicted molar refractivity (Wildman–Crippen MR) is 82.8 cm³/mol. The van der Waals surface area contributed by atoms with Gasteiger partial charge in [-0.25, -0.2) is 0 Å². The highest BCUT2D eigenvalue weighted by Crippen LogP contribution is 2.34. The molecule has 21 heavy (non-hydrogen) atoms. The Morgan fingerprint density at radius 1 is 1.33 bits per heavy atom. The Bertz CT molecular complexity index is 542. The SMILES string of the molecule is CC1CC(C(=O)NC(C(N)=O)C(C)C)c2ccccc2N1. The van der Waals surface area contributed by atoms with Crippen LogP contribution in [0.1, 0.15) is 38.7 Å². The molecule has 4 N–H and O–H groups in total. The normalized spacial score (nSPS) is 22.1. The molecule has 0 saturated heterocycles. The maximum Gasteiger partial charge on any atom is 0.240 e. The minimum absolute atomic E-state index is 0.0270. The van der Waals surface area contributed by atoms with Gasteiger partial charge in [0.2, 0.25) is 11.8 Å². The zero-order valence-electron chi connectivity index (χ0n) is 12.7. The van der Waals surface area contributed by atoms with E-state index >= 15 is 0 Å². The van der Waals surface area contributed by atoms with E-state index in [4.69, 9.17) is 5.73 Å². The molecule has 0 aromatic heterocycles. The molecule has 5 nitrogen and oxygen atoms in total. The molecule has 3 unspecified atom stereocenters. The van der Waals surface area contributed by atoms with E-state index in [0.717, 1.165) is 11.3 Å². The molecule has 0 saturated carbocycles. The minimum atomic E-state index is -0.630. The van der Waals surface area contributed by atoms with Crippen LogP contribution in [0.25, 0.3) is 0 Å². The molecule has 2 rings (SSSR count). The second-order valence-corrected chi connectivity index (χ2v) is 6.05. The lowest BCUT2D eigenvalue weighted by molar-refractivity contribution is -0.129. The van der Waals surface area contributed by atoms with Gasteiger partial charge in [-0.3, -0.25) is 9.59 Å². The highest BCUT2D eigenvalue weighted by molar-refractivity contribution is 5.91. The van der Waals surface area contributed by atoms with Gasteiger partial charge in [0.05, 0.1) is 5.92 Å².